The summed E-state index contributed by atoms with van der Waals surface area (Å²) in [5.41, 5.74) is 0. The van der Waals surface area contributed by atoms with E-state index in [4.69, 9.17) is 11.6 Å². The molecule has 1 heterocycles. The minimum atomic E-state index is 0.599. The SMILES string of the molecule is CCCc1ncc(CCl)s1. The molecule has 0 unspecified atom stereocenters. The smallest absolute Gasteiger partial charge is 0.0928 e. The van der Waals surface area contributed by atoms with Gasteiger partial charge in [0.15, 0.2) is 0 Å². The zero-order valence-corrected chi connectivity index (χ0v) is 7.50. The van der Waals surface area contributed by atoms with Gasteiger partial charge in [-0.25, -0.2) is 4.98 Å². The summed E-state index contributed by atoms with van der Waals surface area (Å²) < 4.78 is 0. The summed E-state index contributed by atoms with van der Waals surface area (Å²) in [6.45, 7) is 2.15. The number of alkyl halides is 1. The van der Waals surface area contributed by atoms with Crippen molar-refractivity contribution < 1.29 is 0 Å². The van der Waals surface area contributed by atoms with Gasteiger partial charge < -0.3 is 0 Å². The Balaban J connectivity index is 2.59. The van der Waals surface area contributed by atoms with Gasteiger partial charge in [0.05, 0.1) is 10.9 Å². The van der Waals surface area contributed by atoms with Crippen molar-refractivity contribution in [1.29, 1.82) is 0 Å². The Labute approximate surface area is 70.1 Å². The van der Waals surface area contributed by atoms with Crippen LogP contribution in [0.15, 0.2) is 6.20 Å². The fraction of sp³-hybridized carbons (Fsp3) is 0.571. The lowest BCUT2D eigenvalue weighted by Gasteiger charge is -1.85. The summed E-state index contributed by atoms with van der Waals surface area (Å²) >= 11 is 7.33. The van der Waals surface area contributed by atoms with E-state index in [0.29, 0.717) is 5.88 Å². The van der Waals surface area contributed by atoms with Crippen molar-refractivity contribution in [1.82, 2.24) is 4.98 Å². The van der Waals surface area contributed by atoms with Crippen LogP contribution in [0.25, 0.3) is 0 Å². The highest BCUT2D eigenvalue weighted by atomic mass is 35.5. The monoisotopic (exact) mass is 175 g/mol. The predicted octanol–water partition coefficient (Wildman–Crippen LogP) is 2.83. The van der Waals surface area contributed by atoms with E-state index >= 15 is 0 Å². The van der Waals surface area contributed by atoms with Crippen LogP contribution in [0.2, 0.25) is 0 Å². The molecule has 0 aromatic carbocycles. The van der Waals surface area contributed by atoms with Crippen molar-refractivity contribution in [3.8, 4) is 0 Å². The number of halogens is 1. The van der Waals surface area contributed by atoms with E-state index in [1.807, 2.05) is 6.20 Å². The molecular weight excluding hydrogens is 166 g/mol. The average molecular weight is 176 g/mol. The molecule has 10 heavy (non-hydrogen) atoms. The van der Waals surface area contributed by atoms with Gasteiger partial charge in [-0.05, 0) is 12.8 Å². The maximum Gasteiger partial charge on any atom is 0.0928 e. The third-order valence-electron chi connectivity index (χ3n) is 1.20. The minimum absolute atomic E-state index is 0.599. The normalized spacial score (nSPS) is 10.2. The second-order valence-electron chi connectivity index (χ2n) is 2.10. The molecule has 1 rings (SSSR count). The third kappa shape index (κ3) is 1.96. The molecular formula is C7H10ClNS. The molecule has 0 aliphatic carbocycles. The van der Waals surface area contributed by atoms with Gasteiger partial charge >= 0.3 is 0 Å². The summed E-state index contributed by atoms with van der Waals surface area (Å²) in [4.78, 5) is 5.38. The Morgan fingerprint density at radius 3 is 3.00 bits per heavy atom. The van der Waals surface area contributed by atoms with E-state index in [2.05, 4.69) is 11.9 Å². The van der Waals surface area contributed by atoms with Crippen LogP contribution >= 0.6 is 22.9 Å². The molecule has 56 valence electrons. The molecule has 0 aliphatic rings. The lowest BCUT2D eigenvalue weighted by Crippen LogP contribution is -1.76. The molecule has 0 amide bonds. The Kier molecular flexibility index (Phi) is 3.16. The maximum absolute atomic E-state index is 5.61. The van der Waals surface area contributed by atoms with Gasteiger partial charge in [-0.15, -0.1) is 22.9 Å². The quantitative estimate of drug-likeness (QED) is 0.644. The maximum atomic E-state index is 5.61. The van der Waals surface area contributed by atoms with Crippen LogP contribution in [0.5, 0.6) is 0 Å². The van der Waals surface area contributed by atoms with Crippen LogP contribution in [0.1, 0.15) is 23.2 Å². The Hall–Kier alpha value is -0.0800. The van der Waals surface area contributed by atoms with E-state index in [9.17, 15) is 0 Å². The Morgan fingerprint density at radius 2 is 2.50 bits per heavy atom. The Bertz CT molecular complexity index is 197. The topological polar surface area (TPSA) is 12.9 Å². The number of aromatic nitrogens is 1. The molecule has 0 aliphatic heterocycles. The van der Waals surface area contributed by atoms with Gasteiger partial charge in [-0.2, -0.15) is 0 Å². The van der Waals surface area contributed by atoms with E-state index in [-0.39, 0.29) is 0 Å². The highest BCUT2D eigenvalue weighted by molar-refractivity contribution is 7.11. The van der Waals surface area contributed by atoms with Crippen LogP contribution in [0.4, 0.5) is 0 Å². The first-order chi connectivity index (χ1) is 4.86. The second kappa shape index (κ2) is 3.94. The summed E-state index contributed by atoms with van der Waals surface area (Å²) in [5.74, 6) is 0.599. The third-order valence-corrected chi connectivity index (χ3v) is 2.70. The predicted molar refractivity (Wildman–Crippen MR) is 45.7 cm³/mol. The summed E-state index contributed by atoms with van der Waals surface area (Å²) in [7, 11) is 0. The average Bonchev–Trinajstić information content (AvgIpc) is 2.37. The molecule has 0 radical (unpaired) electrons. The highest BCUT2D eigenvalue weighted by Crippen LogP contribution is 2.15. The lowest BCUT2D eigenvalue weighted by molar-refractivity contribution is 0.909. The zero-order chi connectivity index (χ0) is 7.40. The standard InChI is InChI=1S/C7H10ClNS/c1-2-3-7-9-5-6(4-8)10-7/h5H,2-4H2,1H3. The highest BCUT2D eigenvalue weighted by Gasteiger charge is 1.97. The van der Waals surface area contributed by atoms with Crippen LogP contribution in [0, 0.1) is 0 Å². The fourth-order valence-corrected chi connectivity index (χ4v) is 1.85. The molecule has 0 atom stereocenters. The van der Waals surface area contributed by atoms with Gasteiger partial charge in [0, 0.05) is 11.1 Å². The van der Waals surface area contributed by atoms with Crippen molar-refractivity contribution in [2.24, 2.45) is 0 Å². The molecule has 1 aromatic rings. The van der Waals surface area contributed by atoms with Crippen molar-refractivity contribution in [2.75, 3.05) is 0 Å². The molecule has 0 bridgehead atoms. The number of rotatable bonds is 3. The largest absolute Gasteiger partial charge is 0.249 e. The van der Waals surface area contributed by atoms with E-state index < -0.39 is 0 Å². The fourth-order valence-electron chi connectivity index (χ4n) is 0.739. The van der Waals surface area contributed by atoms with Gasteiger partial charge in [-0.1, -0.05) is 6.92 Å². The summed E-state index contributed by atoms with van der Waals surface area (Å²) in [5, 5.41) is 1.21. The van der Waals surface area contributed by atoms with Gasteiger partial charge in [0.25, 0.3) is 0 Å². The minimum Gasteiger partial charge on any atom is -0.249 e. The van der Waals surface area contributed by atoms with Gasteiger partial charge in [0.2, 0.25) is 0 Å². The molecule has 1 nitrogen and oxygen atoms in total. The number of hydrogen-bond donors (Lipinski definition) is 0. The van der Waals surface area contributed by atoms with E-state index in [1.54, 1.807) is 11.3 Å². The summed E-state index contributed by atoms with van der Waals surface area (Å²) in [6, 6.07) is 0. The van der Waals surface area contributed by atoms with Crippen molar-refractivity contribution >= 4 is 22.9 Å². The molecule has 0 N–H and O–H groups in total. The van der Waals surface area contributed by atoms with E-state index in [0.717, 1.165) is 12.8 Å². The first-order valence-electron chi connectivity index (χ1n) is 3.36. The molecule has 1 aromatic heterocycles. The van der Waals surface area contributed by atoms with Gasteiger partial charge in [0.1, 0.15) is 0 Å². The van der Waals surface area contributed by atoms with Crippen LogP contribution in [-0.2, 0) is 12.3 Å². The first kappa shape index (κ1) is 8.02. The summed E-state index contributed by atoms with van der Waals surface area (Å²) in [6.07, 6.45) is 4.11. The van der Waals surface area contributed by atoms with Crippen molar-refractivity contribution in [2.45, 2.75) is 25.6 Å². The van der Waals surface area contributed by atoms with Crippen LogP contribution < -0.4 is 0 Å². The number of aryl methyl sites for hydroxylation is 1. The molecule has 0 fully saturated rings. The molecule has 0 saturated heterocycles. The lowest BCUT2D eigenvalue weighted by atomic mass is 10.4. The first-order valence-corrected chi connectivity index (χ1v) is 4.71. The number of nitrogens with zero attached hydrogens (tertiary/aromatic N) is 1. The van der Waals surface area contributed by atoms with E-state index in [1.165, 1.54) is 9.88 Å². The molecule has 0 spiro atoms. The molecule has 3 heteroatoms. The van der Waals surface area contributed by atoms with Gasteiger partial charge in [-0.3, -0.25) is 0 Å². The zero-order valence-electron chi connectivity index (χ0n) is 5.93. The van der Waals surface area contributed by atoms with Crippen molar-refractivity contribution in [3.63, 3.8) is 0 Å². The van der Waals surface area contributed by atoms with Crippen LogP contribution in [0.3, 0.4) is 0 Å². The van der Waals surface area contributed by atoms with Crippen molar-refractivity contribution in [3.05, 3.63) is 16.1 Å². The second-order valence-corrected chi connectivity index (χ2v) is 3.57. The number of thiazole rings is 1. The van der Waals surface area contributed by atoms with Crippen LogP contribution in [-0.4, -0.2) is 4.98 Å². The number of hydrogen-bond acceptors (Lipinski definition) is 2. The Morgan fingerprint density at radius 1 is 1.70 bits per heavy atom. The molecule has 0 saturated carbocycles.